The third-order valence-electron chi connectivity index (χ3n) is 6.59. The maximum absolute atomic E-state index is 13.1. The molecule has 0 aliphatic rings. The van der Waals surface area contributed by atoms with Gasteiger partial charge >= 0.3 is 5.97 Å². The van der Waals surface area contributed by atoms with Gasteiger partial charge in [-0.3, -0.25) is 9.59 Å². The van der Waals surface area contributed by atoms with E-state index in [1.54, 1.807) is 103 Å². The highest BCUT2D eigenvalue weighted by molar-refractivity contribution is 6.12. The van der Waals surface area contributed by atoms with Crippen LogP contribution in [0.4, 0.5) is 11.4 Å². The quantitative estimate of drug-likeness (QED) is 0.151. The molecule has 1 amide bonds. The lowest BCUT2D eigenvalue weighted by Gasteiger charge is -2.22. The number of nitrogens with one attached hydrogen (secondary N) is 1. The molecule has 0 heterocycles. The van der Waals surface area contributed by atoms with Gasteiger partial charge in [-0.15, -0.1) is 0 Å². The number of ether oxygens (including phenoxy) is 2. The Hall–Kier alpha value is -5.37. The van der Waals surface area contributed by atoms with E-state index in [1.807, 2.05) is 12.1 Å². The topological polar surface area (TPSA) is 105 Å². The van der Waals surface area contributed by atoms with Gasteiger partial charge in [-0.1, -0.05) is 67.2 Å². The first-order chi connectivity index (χ1) is 20.4. The van der Waals surface area contributed by atoms with Crippen LogP contribution in [-0.4, -0.2) is 49.1 Å². The van der Waals surface area contributed by atoms with Crippen molar-refractivity contribution in [3.8, 4) is 11.5 Å². The predicted molar refractivity (Wildman–Crippen MR) is 163 cm³/mol. The molecule has 8 heteroatoms. The zero-order valence-corrected chi connectivity index (χ0v) is 23.2. The van der Waals surface area contributed by atoms with Crippen LogP contribution in [0, 0.1) is 0 Å². The lowest BCUT2D eigenvalue weighted by Crippen LogP contribution is -2.33. The molecule has 0 aromatic heterocycles. The first-order valence-corrected chi connectivity index (χ1v) is 13.4. The average Bonchev–Trinajstić information content (AvgIpc) is 3.03. The van der Waals surface area contributed by atoms with Crippen molar-refractivity contribution >= 4 is 29.0 Å². The van der Waals surface area contributed by atoms with Gasteiger partial charge in [-0.2, -0.15) is 0 Å². The van der Waals surface area contributed by atoms with Crippen LogP contribution in [0.5, 0.6) is 11.5 Å². The van der Waals surface area contributed by atoms with Gasteiger partial charge in [0.1, 0.15) is 24.1 Å². The number of carboxylic acids is 1. The molecule has 0 radical (unpaired) electrons. The molecule has 1 atom stereocenters. The van der Waals surface area contributed by atoms with Crippen LogP contribution >= 0.6 is 0 Å². The third-order valence-corrected chi connectivity index (χ3v) is 6.59. The number of anilines is 2. The summed E-state index contributed by atoms with van der Waals surface area (Å²) >= 11 is 0. The smallest absolute Gasteiger partial charge is 0.326 e. The number of carbonyl (C=O) groups is 3. The molecule has 42 heavy (non-hydrogen) atoms. The first kappa shape index (κ1) is 29.6. The number of hydrogen-bond donors (Lipinski definition) is 2. The summed E-state index contributed by atoms with van der Waals surface area (Å²) in [7, 11) is 1.56. The van der Waals surface area contributed by atoms with Crippen molar-refractivity contribution in [2.75, 3.05) is 30.5 Å². The van der Waals surface area contributed by atoms with Crippen LogP contribution in [0.3, 0.4) is 0 Å². The van der Waals surface area contributed by atoms with Gasteiger partial charge in [0.05, 0.1) is 13.7 Å². The summed E-state index contributed by atoms with van der Waals surface area (Å²) in [5.74, 6) is -0.285. The van der Waals surface area contributed by atoms with E-state index in [1.165, 1.54) is 6.08 Å². The number of nitrogens with zero attached hydrogens (tertiary/aromatic N) is 1. The second-order valence-electron chi connectivity index (χ2n) is 9.37. The fourth-order valence-corrected chi connectivity index (χ4v) is 4.41. The minimum Gasteiger partial charge on any atom is -0.497 e. The standard InChI is InChI=1S/C34H32N2O6/c1-3-32(37)36(26-12-9-13-28(23-26)41-2)20-21-42-27-18-16-24(17-19-27)22-31(34(39)40)35-30-15-8-7-14-29(30)33(38)25-10-5-4-6-11-25/h3-19,23,31,35H,1,20-22H2,2H3,(H,39,40). The number of benzene rings is 4. The fourth-order valence-electron chi connectivity index (χ4n) is 4.41. The predicted octanol–water partition coefficient (Wildman–Crippen LogP) is 5.63. The summed E-state index contributed by atoms with van der Waals surface area (Å²) in [4.78, 5) is 39.2. The first-order valence-electron chi connectivity index (χ1n) is 13.4. The molecule has 2 N–H and O–H groups in total. The highest BCUT2D eigenvalue weighted by atomic mass is 16.5. The molecule has 0 bridgehead atoms. The molecule has 0 fully saturated rings. The molecule has 4 aromatic rings. The molecular weight excluding hydrogens is 532 g/mol. The Kier molecular flexibility index (Phi) is 10.1. The van der Waals surface area contributed by atoms with Crippen LogP contribution in [-0.2, 0) is 16.0 Å². The number of hydrogen-bond acceptors (Lipinski definition) is 6. The van der Waals surface area contributed by atoms with Gasteiger partial charge < -0.3 is 24.8 Å². The summed E-state index contributed by atoms with van der Waals surface area (Å²) in [5, 5.41) is 13.0. The minimum absolute atomic E-state index is 0.181. The summed E-state index contributed by atoms with van der Waals surface area (Å²) in [5.41, 5.74) is 2.81. The van der Waals surface area contributed by atoms with Crippen LogP contribution in [0.1, 0.15) is 21.5 Å². The Morgan fingerprint density at radius 1 is 0.905 bits per heavy atom. The Morgan fingerprint density at radius 2 is 1.62 bits per heavy atom. The lowest BCUT2D eigenvalue weighted by molar-refractivity contribution is -0.137. The molecular formula is C34H32N2O6. The van der Waals surface area contributed by atoms with Gasteiger partial charge in [0.25, 0.3) is 0 Å². The third kappa shape index (κ3) is 7.63. The van der Waals surface area contributed by atoms with Crippen molar-refractivity contribution in [1.29, 1.82) is 0 Å². The Bertz CT molecular complexity index is 1540. The molecule has 0 aliphatic carbocycles. The van der Waals surface area contributed by atoms with E-state index in [4.69, 9.17) is 9.47 Å². The monoisotopic (exact) mass is 564 g/mol. The van der Waals surface area contributed by atoms with Gasteiger partial charge in [-0.25, -0.2) is 4.79 Å². The van der Waals surface area contributed by atoms with Crippen molar-refractivity contribution in [3.05, 3.63) is 132 Å². The van der Waals surface area contributed by atoms with Gasteiger partial charge in [0, 0.05) is 35.0 Å². The lowest BCUT2D eigenvalue weighted by atomic mass is 10.00. The van der Waals surface area contributed by atoms with E-state index >= 15 is 0 Å². The van der Waals surface area contributed by atoms with Gasteiger partial charge in [0.15, 0.2) is 5.78 Å². The summed E-state index contributed by atoms with van der Waals surface area (Å²) < 4.78 is 11.1. The largest absolute Gasteiger partial charge is 0.497 e. The van der Waals surface area contributed by atoms with E-state index in [2.05, 4.69) is 11.9 Å². The number of para-hydroxylation sites is 1. The van der Waals surface area contributed by atoms with E-state index in [9.17, 15) is 19.5 Å². The fraction of sp³-hybridized carbons (Fsp3) is 0.147. The van der Waals surface area contributed by atoms with Crippen molar-refractivity contribution in [2.24, 2.45) is 0 Å². The highest BCUT2D eigenvalue weighted by Gasteiger charge is 2.21. The maximum Gasteiger partial charge on any atom is 0.326 e. The number of carbonyl (C=O) groups excluding carboxylic acids is 2. The minimum atomic E-state index is -1.04. The number of aliphatic carboxylic acids is 1. The van der Waals surface area contributed by atoms with E-state index in [-0.39, 0.29) is 31.3 Å². The molecule has 4 rings (SSSR count). The van der Waals surface area contributed by atoms with Crippen LogP contribution < -0.4 is 19.7 Å². The van der Waals surface area contributed by atoms with E-state index in [0.29, 0.717) is 34.0 Å². The normalized spacial score (nSPS) is 11.2. The second-order valence-corrected chi connectivity index (χ2v) is 9.37. The molecule has 0 saturated heterocycles. The van der Waals surface area contributed by atoms with E-state index in [0.717, 1.165) is 5.56 Å². The molecule has 4 aromatic carbocycles. The van der Waals surface area contributed by atoms with E-state index < -0.39 is 12.0 Å². The second kappa shape index (κ2) is 14.3. The number of ketones is 1. The summed E-state index contributed by atoms with van der Waals surface area (Å²) in [6, 6.07) is 29.0. The zero-order chi connectivity index (χ0) is 29.9. The number of carboxylic acid groups (broad SMARTS) is 1. The zero-order valence-electron chi connectivity index (χ0n) is 23.2. The number of amides is 1. The molecule has 214 valence electrons. The summed E-state index contributed by atoms with van der Waals surface area (Å²) in [6.45, 7) is 4.10. The van der Waals surface area contributed by atoms with Crippen molar-refractivity contribution in [3.63, 3.8) is 0 Å². The van der Waals surface area contributed by atoms with Crippen LogP contribution in [0.2, 0.25) is 0 Å². The number of rotatable bonds is 14. The molecule has 0 aliphatic heterocycles. The molecule has 1 unspecified atom stereocenters. The molecule has 8 nitrogen and oxygen atoms in total. The Labute approximate surface area is 244 Å². The SMILES string of the molecule is C=CC(=O)N(CCOc1ccc(CC(Nc2ccccc2C(=O)c2ccccc2)C(=O)O)cc1)c1cccc(OC)c1. The van der Waals surface area contributed by atoms with Crippen LogP contribution in [0.25, 0.3) is 0 Å². The van der Waals surface area contributed by atoms with Gasteiger partial charge in [-0.05, 0) is 48.0 Å². The van der Waals surface area contributed by atoms with Crippen molar-refractivity contribution < 1.29 is 29.0 Å². The van der Waals surface area contributed by atoms with Crippen molar-refractivity contribution in [2.45, 2.75) is 12.5 Å². The maximum atomic E-state index is 13.1. The van der Waals surface area contributed by atoms with Crippen LogP contribution in [0.15, 0.2) is 116 Å². The average molecular weight is 565 g/mol. The van der Waals surface area contributed by atoms with Gasteiger partial charge in [0.2, 0.25) is 5.91 Å². The summed E-state index contributed by atoms with van der Waals surface area (Å²) in [6.07, 6.45) is 1.43. The number of methoxy groups -OCH3 is 1. The Morgan fingerprint density at radius 3 is 2.31 bits per heavy atom. The molecule has 0 saturated carbocycles. The molecule has 0 spiro atoms. The van der Waals surface area contributed by atoms with Crippen molar-refractivity contribution in [1.82, 2.24) is 0 Å². The highest BCUT2D eigenvalue weighted by Crippen LogP contribution is 2.23. The Balaban J connectivity index is 1.39.